The lowest BCUT2D eigenvalue weighted by Crippen LogP contribution is -1.98. The highest BCUT2D eigenvalue weighted by molar-refractivity contribution is 6.17. The molecule has 0 aliphatic carbocycles. The molecule has 1 aromatic carbocycles. The zero-order chi connectivity index (χ0) is 9.97. The van der Waals surface area contributed by atoms with E-state index in [4.69, 9.17) is 11.6 Å². The highest BCUT2D eigenvalue weighted by atomic mass is 35.5. The molecule has 0 bridgehead atoms. The van der Waals surface area contributed by atoms with Gasteiger partial charge in [-0.1, -0.05) is 25.1 Å². The van der Waals surface area contributed by atoms with Crippen LogP contribution < -0.4 is 0 Å². The number of aromatic nitrogens is 1. The number of aryl methyl sites for hydroxylation is 2. The van der Waals surface area contributed by atoms with Crippen LogP contribution in [0.3, 0.4) is 0 Å². The number of benzene rings is 1. The third-order valence-electron chi connectivity index (χ3n) is 2.58. The number of hydrogen-bond acceptors (Lipinski definition) is 0. The minimum absolute atomic E-state index is 0.668. The molecule has 0 radical (unpaired) electrons. The summed E-state index contributed by atoms with van der Waals surface area (Å²) in [5.74, 6) is 0.668. The fourth-order valence-electron chi connectivity index (χ4n) is 1.90. The predicted molar refractivity (Wildman–Crippen MR) is 62.0 cm³/mol. The Morgan fingerprint density at radius 2 is 2.14 bits per heavy atom. The summed E-state index contributed by atoms with van der Waals surface area (Å²) >= 11 is 5.77. The first-order valence-electron chi connectivity index (χ1n) is 4.99. The van der Waals surface area contributed by atoms with Crippen LogP contribution in [0.5, 0.6) is 0 Å². The minimum Gasteiger partial charge on any atom is -0.346 e. The maximum absolute atomic E-state index is 5.77. The topological polar surface area (TPSA) is 4.93 Å². The van der Waals surface area contributed by atoms with Gasteiger partial charge in [-0.05, 0) is 23.4 Å². The van der Waals surface area contributed by atoms with Crippen molar-refractivity contribution in [1.29, 1.82) is 0 Å². The zero-order valence-corrected chi connectivity index (χ0v) is 9.09. The van der Waals surface area contributed by atoms with Gasteiger partial charge in [-0.25, -0.2) is 0 Å². The molecule has 2 rings (SSSR count). The van der Waals surface area contributed by atoms with Crippen molar-refractivity contribution in [3.8, 4) is 0 Å². The molecule has 0 amide bonds. The molecule has 2 aromatic rings. The summed E-state index contributed by atoms with van der Waals surface area (Å²) in [5, 5.41) is 1.31. The number of halogens is 1. The van der Waals surface area contributed by atoms with Crippen LogP contribution in [0.15, 0.2) is 30.5 Å². The number of nitrogens with zero attached hydrogens (tertiary/aromatic N) is 1. The molecule has 14 heavy (non-hydrogen) atoms. The lowest BCUT2D eigenvalue weighted by Gasteiger charge is -2.06. The molecule has 2 heteroatoms. The minimum atomic E-state index is 0.668. The zero-order valence-electron chi connectivity index (χ0n) is 8.33. The molecule has 74 valence electrons. The predicted octanol–water partition coefficient (Wildman–Crippen LogP) is 3.44. The smallest absolute Gasteiger partial charge is 0.0513 e. The molecular formula is C12H14ClN. The summed E-state index contributed by atoms with van der Waals surface area (Å²) < 4.78 is 2.24. The summed E-state index contributed by atoms with van der Waals surface area (Å²) in [5.41, 5.74) is 2.74. The van der Waals surface area contributed by atoms with Crippen LogP contribution in [-0.2, 0) is 13.0 Å². The Hall–Kier alpha value is -0.950. The largest absolute Gasteiger partial charge is 0.346 e. The van der Waals surface area contributed by atoms with Gasteiger partial charge in [0.15, 0.2) is 0 Å². The van der Waals surface area contributed by atoms with Gasteiger partial charge in [-0.2, -0.15) is 0 Å². The molecule has 0 aliphatic rings. The fraction of sp³-hybridized carbons (Fsp3) is 0.333. The Balaban J connectivity index is 2.62. The molecule has 0 aliphatic heterocycles. The second-order valence-corrected chi connectivity index (χ2v) is 3.78. The molecule has 1 nitrogen and oxygen atoms in total. The maximum atomic E-state index is 5.77. The Morgan fingerprint density at radius 3 is 2.86 bits per heavy atom. The van der Waals surface area contributed by atoms with Crippen molar-refractivity contribution in [2.45, 2.75) is 19.9 Å². The highest BCUT2D eigenvalue weighted by Gasteiger charge is 2.03. The van der Waals surface area contributed by atoms with E-state index in [1.165, 1.54) is 16.5 Å². The lowest BCUT2D eigenvalue weighted by molar-refractivity contribution is 0.799. The van der Waals surface area contributed by atoms with Crippen LogP contribution in [-0.4, -0.2) is 10.4 Å². The van der Waals surface area contributed by atoms with Crippen LogP contribution in [0, 0.1) is 0 Å². The molecule has 0 N–H and O–H groups in total. The highest BCUT2D eigenvalue weighted by Crippen LogP contribution is 2.20. The summed E-state index contributed by atoms with van der Waals surface area (Å²) in [7, 11) is 0. The van der Waals surface area contributed by atoms with Gasteiger partial charge in [0.25, 0.3) is 0 Å². The van der Waals surface area contributed by atoms with Crippen LogP contribution in [0.25, 0.3) is 10.9 Å². The monoisotopic (exact) mass is 207 g/mol. The van der Waals surface area contributed by atoms with Gasteiger partial charge in [0, 0.05) is 18.6 Å². The maximum Gasteiger partial charge on any atom is 0.0513 e. The first kappa shape index (κ1) is 9.60. The molecular weight excluding hydrogens is 194 g/mol. The van der Waals surface area contributed by atoms with Crippen molar-refractivity contribution in [3.05, 3.63) is 36.0 Å². The Morgan fingerprint density at radius 1 is 1.29 bits per heavy atom. The normalized spacial score (nSPS) is 11.0. The molecule has 0 fully saturated rings. The van der Waals surface area contributed by atoms with E-state index in [1.54, 1.807) is 0 Å². The molecule has 1 aromatic heterocycles. The first-order chi connectivity index (χ1) is 6.86. The number of fused-ring (bicyclic) bond motifs is 1. The van der Waals surface area contributed by atoms with Gasteiger partial charge >= 0.3 is 0 Å². The molecule has 1 heterocycles. The average molecular weight is 208 g/mol. The van der Waals surface area contributed by atoms with Crippen LogP contribution in [0.4, 0.5) is 0 Å². The molecule has 0 saturated heterocycles. The quantitative estimate of drug-likeness (QED) is 0.680. The summed E-state index contributed by atoms with van der Waals surface area (Å²) in [6, 6.07) is 8.61. The van der Waals surface area contributed by atoms with Crippen molar-refractivity contribution in [3.63, 3.8) is 0 Å². The van der Waals surface area contributed by atoms with Crippen LogP contribution >= 0.6 is 11.6 Å². The van der Waals surface area contributed by atoms with E-state index in [0.717, 1.165) is 13.0 Å². The number of para-hydroxylation sites is 1. The van der Waals surface area contributed by atoms with Gasteiger partial charge in [-0.15, -0.1) is 11.6 Å². The van der Waals surface area contributed by atoms with Gasteiger partial charge in [0.2, 0.25) is 0 Å². The number of hydrogen-bond donors (Lipinski definition) is 0. The number of rotatable bonds is 3. The summed E-state index contributed by atoms with van der Waals surface area (Å²) in [6.45, 7) is 3.08. The first-order valence-corrected chi connectivity index (χ1v) is 5.53. The van der Waals surface area contributed by atoms with Crippen molar-refractivity contribution in [2.24, 2.45) is 0 Å². The lowest BCUT2D eigenvalue weighted by atomic mass is 10.1. The van der Waals surface area contributed by atoms with Crippen molar-refractivity contribution >= 4 is 22.5 Å². The number of alkyl halides is 1. The fourth-order valence-corrected chi connectivity index (χ4v) is 2.09. The molecule has 0 unspecified atom stereocenters. The van der Waals surface area contributed by atoms with E-state index < -0.39 is 0 Å². The second-order valence-electron chi connectivity index (χ2n) is 3.41. The van der Waals surface area contributed by atoms with Crippen molar-refractivity contribution < 1.29 is 0 Å². The van der Waals surface area contributed by atoms with Gasteiger partial charge in [0.05, 0.1) is 5.52 Å². The molecule has 0 saturated carbocycles. The van der Waals surface area contributed by atoms with E-state index in [2.05, 4.69) is 42.0 Å². The van der Waals surface area contributed by atoms with Gasteiger partial charge < -0.3 is 4.57 Å². The van der Waals surface area contributed by atoms with E-state index in [9.17, 15) is 0 Å². The average Bonchev–Trinajstić information content (AvgIpc) is 2.62. The second kappa shape index (κ2) is 4.05. The molecule has 0 spiro atoms. The van der Waals surface area contributed by atoms with Crippen molar-refractivity contribution in [1.82, 2.24) is 4.57 Å². The Labute approximate surface area is 89.3 Å². The van der Waals surface area contributed by atoms with E-state index in [0.29, 0.717) is 5.88 Å². The van der Waals surface area contributed by atoms with E-state index >= 15 is 0 Å². The Bertz CT molecular complexity index is 431. The van der Waals surface area contributed by atoms with E-state index in [1.807, 2.05) is 0 Å². The van der Waals surface area contributed by atoms with Gasteiger partial charge in [-0.3, -0.25) is 0 Å². The van der Waals surface area contributed by atoms with E-state index in [-0.39, 0.29) is 0 Å². The molecule has 0 atom stereocenters. The van der Waals surface area contributed by atoms with Crippen LogP contribution in [0.1, 0.15) is 12.5 Å². The summed E-state index contributed by atoms with van der Waals surface area (Å²) in [4.78, 5) is 0. The van der Waals surface area contributed by atoms with Gasteiger partial charge in [0.1, 0.15) is 0 Å². The summed E-state index contributed by atoms with van der Waals surface area (Å²) in [6.07, 6.45) is 3.19. The Kier molecular flexibility index (Phi) is 2.78. The van der Waals surface area contributed by atoms with Crippen LogP contribution in [0.2, 0.25) is 0 Å². The standard InChI is InChI=1S/C12H14ClN/c1-2-10-4-3-5-11-6-8-14(9-7-13)12(10)11/h3-6,8H,2,7,9H2,1H3. The third-order valence-corrected chi connectivity index (χ3v) is 2.75. The third kappa shape index (κ3) is 1.53. The SMILES string of the molecule is CCc1cccc2ccn(CCCl)c12. The van der Waals surface area contributed by atoms with Crippen molar-refractivity contribution in [2.75, 3.05) is 5.88 Å².